The van der Waals surface area contributed by atoms with Crippen LogP contribution in [0.2, 0.25) is 5.02 Å². The van der Waals surface area contributed by atoms with Gasteiger partial charge in [0.25, 0.3) is 0 Å². The lowest BCUT2D eigenvalue weighted by atomic mass is 9.93. The fourth-order valence-corrected chi connectivity index (χ4v) is 4.07. The van der Waals surface area contributed by atoms with Crippen LogP contribution in [-0.4, -0.2) is 68.7 Å². The van der Waals surface area contributed by atoms with Crippen LogP contribution in [0, 0.1) is 5.41 Å². The van der Waals surface area contributed by atoms with E-state index in [0.29, 0.717) is 5.41 Å². The van der Waals surface area contributed by atoms with Crippen LogP contribution >= 0.6 is 35.6 Å². The first-order chi connectivity index (χ1) is 12.5. The minimum Gasteiger partial charge on any atom is -0.379 e. The van der Waals surface area contributed by atoms with Crippen LogP contribution in [0.3, 0.4) is 0 Å². The summed E-state index contributed by atoms with van der Waals surface area (Å²) in [6.07, 6.45) is 1.20. The molecule has 0 spiro atoms. The smallest absolute Gasteiger partial charge is 0.193 e. The van der Waals surface area contributed by atoms with Gasteiger partial charge in [-0.05, 0) is 29.5 Å². The highest BCUT2D eigenvalue weighted by Crippen LogP contribution is 2.29. The Morgan fingerprint density at radius 2 is 2.04 bits per heavy atom. The predicted octanol–water partition coefficient (Wildman–Crippen LogP) is 3.64. The Morgan fingerprint density at radius 3 is 2.63 bits per heavy atom. The predicted molar refractivity (Wildman–Crippen MR) is 123 cm³/mol. The topological polar surface area (TPSA) is 40.1 Å². The Morgan fingerprint density at radius 1 is 1.30 bits per heavy atom. The zero-order valence-electron chi connectivity index (χ0n) is 16.6. The molecule has 0 amide bonds. The standard InChI is InChI=1S/C20H31ClN4O.HI/c1-20(2)7-8-25(15-20)19(22-3)23-14-18(24-9-11-26-12-10-24)16-5-4-6-17(21)13-16;/h4-6,13,18H,7-12,14-15H2,1-3H3,(H,22,23);1H. The van der Waals surface area contributed by atoms with Crippen LogP contribution in [0.5, 0.6) is 0 Å². The number of nitrogens with zero attached hydrogens (tertiary/aromatic N) is 3. The molecule has 0 saturated carbocycles. The van der Waals surface area contributed by atoms with Crippen molar-refractivity contribution in [3.63, 3.8) is 0 Å². The fourth-order valence-electron chi connectivity index (χ4n) is 3.87. The van der Waals surface area contributed by atoms with Crippen LogP contribution in [0.4, 0.5) is 0 Å². The highest BCUT2D eigenvalue weighted by Gasteiger charge is 2.31. The summed E-state index contributed by atoms with van der Waals surface area (Å²) in [6, 6.07) is 8.45. The van der Waals surface area contributed by atoms with Crippen LogP contribution in [0.15, 0.2) is 29.3 Å². The quantitative estimate of drug-likeness (QED) is 0.385. The van der Waals surface area contributed by atoms with E-state index in [2.05, 4.69) is 46.1 Å². The van der Waals surface area contributed by atoms with Crippen molar-refractivity contribution in [1.82, 2.24) is 15.1 Å². The van der Waals surface area contributed by atoms with E-state index >= 15 is 0 Å². The van der Waals surface area contributed by atoms with Gasteiger partial charge in [0, 0.05) is 44.8 Å². The number of benzene rings is 1. The van der Waals surface area contributed by atoms with E-state index in [1.807, 2.05) is 19.2 Å². The molecular weight excluding hydrogens is 475 g/mol. The molecule has 0 aromatic heterocycles. The minimum atomic E-state index is 0. The van der Waals surface area contributed by atoms with E-state index in [4.69, 9.17) is 16.3 Å². The second-order valence-electron chi connectivity index (χ2n) is 7.98. The molecule has 2 aliphatic heterocycles. The summed E-state index contributed by atoms with van der Waals surface area (Å²) >= 11 is 6.26. The van der Waals surface area contributed by atoms with E-state index in [1.165, 1.54) is 12.0 Å². The number of nitrogens with one attached hydrogen (secondary N) is 1. The SMILES string of the molecule is CN=C(NCC(c1cccc(Cl)c1)N1CCOCC1)N1CCC(C)(C)C1.I. The van der Waals surface area contributed by atoms with Gasteiger partial charge >= 0.3 is 0 Å². The summed E-state index contributed by atoms with van der Waals surface area (Å²) in [5.41, 5.74) is 1.60. The summed E-state index contributed by atoms with van der Waals surface area (Å²) in [4.78, 5) is 9.37. The maximum absolute atomic E-state index is 6.26. The van der Waals surface area contributed by atoms with Gasteiger partial charge in [0.15, 0.2) is 5.96 Å². The summed E-state index contributed by atoms with van der Waals surface area (Å²) in [5, 5.41) is 4.40. The molecule has 152 valence electrons. The largest absolute Gasteiger partial charge is 0.379 e. The molecule has 1 atom stereocenters. The fraction of sp³-hybridized carbons (Fsp3) is 0.650. The average Bonchev–Trinajstić information content (AvgIpc) is 2.99. The third-order valence-electron chi connectivity index (χ3n) is 5.36. The van der Waals surface area contributed by atoms with Crippen molar-refractivity contribution >= 4 is 41.5 Å². The first-order valence-corrected chi connectivity index (χ1v) is 9.89. The van der Waals surface area contributed by atoms with Crippen molar-refractivity contribution in [3.05, 3.63) is 34.9 Å². The van der Waals surface area contributed by atoms with Crippen molar-refractivity contribution in [3.8, 4) is 0 Å². The van der Waals surface area contributed by atoms with Gasteiger partial charge in [0.05, 0.1) is 19.3 Å². The molecule has 3 rings (SSSR count). The van der Waals surface area contributed by atoms with E-state index < -0.39 is 0 Å². The number of hydrogen-bond acceptors (Lipinski definition) is 3. The molecule has 27 heavy (non-hydrogen) atoms. The summed E-state index contributed by atoms with van der Waals surface area (Å²) < 4.78 is 5.54. The second-order valence-corrected chi connectivity index (χ2v) is 8.42. The first-order valence-electron chi connectivity index (χ1n) is 9.51. The molecule has 1 aromatic carbocycles. The molecule has 2 saturated heterocycles. The molecule has 0 bridgehead atoms. The molecule has 2 aliphatic rings. The number of guanidine groups is 1. The van der Waals surface area contributed by atoms with Gasteiger partial charge in [-0.15, -0.1) is 24.0 Å². The summed E-state index contributed by atoms with van der Waals surface area (Å²) in [5.74, 6) is 0.996. The van der Waals surface area contributed by atoms with Gasteiger partial charge in [-0.1, -0.05) is 37.6 Å². The molecule has 2 fully saturated rings. The Bertz CT molecular complexity index is 634. The third kappa shape index (κ3) is 6.21. The van der Waals surface area contributed by atoms with Crippen molar-refractivity contribution in [2.24, 2.45) is 10.4 Å². The lowest BCUT2D eigenvalue weighted by molar-refractivity contribution is 0.0169. The van der Waals surface area contributed by atoms with E-state index in [0.717, 1.165) is 56.9 Å². The number of likely N-dealkylation sites (tertiary alicyclic amines) is 1. The van der Waals surface area contributed by atoms with Gasteiger partial charge in [-0.3, -0.25) is 9.89 Å². The molecule has 7 heteroatoms. The Hall–Kier alpha value is -0.570. The normalized spacial score (nSPS) is 21.6. The number of rotatable bonds is 4. The first kappa shape index (κ1) is 22.7. The Balaban J connectivity index is 0.00000261. The van der Waals surface area contributed by atoms with Gasteiger partial charge in [0.2, 0.25) is 0 Å². The monoisotopic (exact) mass is 506 g/mol. The van der Waals surface area contributed by atoms with Crippen LogP contribution in [0.1, 0.15) is 31.9 Å². The number of aliphatic imine (C=N–C) groups is 1. The maximum Gasteiger partial charge on any atom is 0.193 e. The lowest BCUT2D eigenvalue weighted by Crippen LogP contribution is -2.47. The summed E-state index contributed by atoms with van der Waals surface area (Å²) in [6.45, 7) is 11.0. The number of hydrogen-bond donors (Lipinski definition) is 1. The van der Waals surface area contributed by atoms with E-state index in [-0.39, 0.29) is 30.0 Å². The van der Waals surface area contributed by atoms with Crippen molar-refractivity contribution < 1.29 is 4.74 Å². The van der Waals surface area contributed by atoms with E-state index in [9.17, 15) is 0 Å². The lowest BCUT2D eigenvalue weighted by Gasteiger charge is -2.36. The highest BCUT2D eigenvalue weighted by atomic mass is 127. The number of ether oxygens (including phenoxy) is 1. The zero-order chi connectivity index (χ0) is 18.6. The molecule has 1 aromatic rings. The number of morpholine rings is 1. The molecule has 0 aliphatic carbocycles. The zero-order valence-corrected chi connectivity index (χ0v) is 19.7. The molecule has 0 radical (unpaired) electrons. The van der Waals surface area contributed by atoms with Gasteiger partial charge in [0.1, 0.15) is 0 Å². The van der Waals surface area contributed by atoms with Crippen molar-refractivity contribution in [1.29, 1.82) is 0 Å². The Labute approximate surface area is 185 Å². The van der Waals surface area contributed by atoms with Gasteiger partial charge in [-0.25, -0.2) is 0 Å². The van der Waals surface area contributed by atoms with Gasteiger partial charge in [-0.2, -0.15) is 0 Å². The molecule has 5 nitrogen and oxygen atoms in total. The van der Waals surface area contributed by atoms with Crippen molar-refractivity contribution in [2.75, 3.05) is 53.0 Å². The molecule has 1 N–H and O–H groups in total. The summed E-state index contributed by atoms with van der Waals surface area (Å²) in [7, 11) is 1.87. The molecule has 1 unspecified atom stereocenters. The maximum atomic E-state index is 6.26. The number of halogens is 2. The minimum absolute atomic E-state index is 0. The average molecular weight is 507 g/mol. The van der Waals surface area contributed by atoms with Crippen LogP contribution < -0.4 is 5.32 Å². The van der Waals surface area contributed by atoms with Crippen LogP contribution in [-0.2, 0) is 4.74 Å². The Kier molecular flexibility index (Phi) is 8.65. The van der Waals surface area contributed by atoms with E-state index in [1.54, 1.807) is 0 Å². The second kappa shape index (κ2) is 10.3. The molecule has 2 heterocycles. The van der Waals surface area contributed by atoms with Crippen molar-refractivity contribution in [2.45, 2.75) is 26.3 Å². The van der Waals surface area contributed by atoms with Crippen LogP contribution in [0.25, 0.3) is 0 Å². The highest BCUT2D eigenvalue weighted by molar-refractivity contribution is 14.0. The van der Waals surface area contributed by atoms with Gasteiger partial charge < -0.3 is 15.0 Å². The molecular formula is C20H32ClIN4O. The third-order valence-corrected chi connectivity index (χ3v) is 5.60.